The van der Waals surface area contributed by atoms with Gasteiger partial charge in [-0.15, -0.1) is 0 Å². The maximum absolute atomic E-state index is 11.4. The molecule has 0 aromatic heterocycles. The number of halogens is 1. The summed E-state index contributed by atoms with van der Waals surface area (Å²) in [6, 6.07) is 0. The number of aliphatic hydroxyl groups is 1. The first kappa shape index (κ1) is 9.21. The van der Waals surface area contributed by atoms with Crippen molar-refractivity contribution in [3.8, 4) is 0 Å². The predicted octanol–water partition coefficient (Wildman–Crippen LogP) is 1.50. The van der Waals surface area contributed by atoms with Crippen LogP contribution in [0, 0.1) is 11.8 Å². The molecule has 1 N–H and O–H groups in total. The molecule has 0 bridgehead atoms. The molecule has 0 fully saturated rings. The van der Waals surface area contributed by atoms with Crippen LogP contribution in [0.5, 0.6) is 0 Å². The first-order chi connectivity index (χ1) is 6.61. The fourth-order valence-electron chi connectivity index (χ4n) is 1.65. The Bertz CT molecular complexity index is 404. The summed E-state index contributed by atoms with van der Waals surface area (Å²) < 4.78 is 0. The van der Waals surface area contributed by atoms with Crippen molar-refractivity contribution in [1.29, 1.82) is 0 Å². The van der Waals surface area contributed by atoms with Gasteiger partial charge in [0.25, 0.3) is 0 Å². The summed E-state index contributed by atoms with van der Waals surface area (Å²) in [6.07, 6.45) is 5.42. The molecule has 2 unspecified atom stereocenters. The normalized spacial score (nSPS) is 30.9. The Morgan fingerprint density at radius 3 is 2.50 bits per heavy atom. The summed E-state index contributed by atoms with van der Waals surface area (Å²) in [5.41, 5.74) is 0. The average molecular weight is 211 g/mol. The Morgan fingerprint density at radius 2 is 1.79 bits per heavy atom. The lowest BCUT2D eigenvalue weighted by atomic mass is 9.77. The maximum Gasteiger partial charge on any atom is 0.167 e. The molecule has 4 heteroatoms. The van der Waals surface area contributed by atoms with Crippen LogP contribution in [0.15, 0.2) is 35.1 Å². The molecule has 2 atom stereocenters. The number of carbonyl (C=O) groups excluding carboxylic acids is 2. The van der Waals surface area contributed by atoms with E-state index in [1.807, 2.05) is 0 Å². The lowest BCUT2D eigenvalue weighted by Gasteiger charge is -2.26. The Kier molecular flexibility index (Phi) is 2.04. The van der Waals surface area contributed by atoms with Crippen LogP contribution in [0.2, 0.25) is 0 Å². The molecule has 14 heavy (non-hydrogen) atoms. The molecule has 2 rings (SSSR count). The number of hydrogen-bond acceptors (Lipinski definition) is 3. The smallest absolute Gasteiger partial charge is 0.167 e. The van der Waals surface area contributed by atoms with Gasteiger partial charge in [-0.25, -0.2) is 0 Å². The molecular weight excluding hydrogens is 204 g/mol. The van der Waals surface area contributed by atoms with Gasteiger partial charge in [0.15, 0.2) is 11.6 Å². The molecule has 0 amide bonds. The van der Waals surface area contributed by atoms with E-state index in [4.69, 9.17) is 11.6 Å². The Morgan fingerprint density at radius 1 is 1.14 bits per heavy atom. The second-order valence-electron chi connectivity index (χ2n) is 3.23. The van der Waals surface area contributed by atoms with E-state index in [1.165, 1.54) is 18.2 Å². The van der Waals surface area contributed by atoms with Crippen molar-refractivity contribution in [2.24, 2.45) is 11.8 Å². The molecule has 0 saturated heterocycles. The van der Waals surface area contributed by atoms with E-state index in [0.29, 0.717) is 0 Å². The number of allylic oxidation sites excluding steroid dienone is 6. The van der Waals surface area contributed by atoms with E-state index in [2.05, 4.69) is 0 Å². The highest BCUT2D eigenvalue weighted by Crippen LogP contribution is 2.34. The molecule has 0 saturated carbocycles. The van der Waals surface area contributed by atoms with Crippen LogP contribution in [-0.2, 0) is 9.59 Å². The van der Waals surface area contributed by atoms with Gasteiger partial charge in [-0.3, -0.25) is 9.59 Å². The Labute approximate surface area is 85.4 Å². The molecule has 0 radical (unpaired) electrons. The maximum atomic E-state index is 11.4. The van der Waals surface area contributed by atoms with Crippen molar-refractivity contribution in [1.82, 2.24) is 0 Å². The zero-order chi connectivity index (χ0) is 10.3. The van der Waals surface area contributed by atoms with Crippen molar-refractivity contribution in [2.45, 2.75) is 0 Å². The van der Waals surface area contributed by atoms with Gasteiger partial charge in [0.1, 0.15) is 5.76 Å². The molecule has 3 nitrogen and oxygen atoms in total. The third-order valence-electron chi connectivity index (χ3n) is 2.40. The second-order valence-corrected chi connectivity index (χ2v) is 3.64. The molecule has 0 aromatic rings. The first-order valence-corrected chi connectivity index (χ1v) is 4.51. The topological polar surface area (TPSA) is 54.4 Å². The summed E-state index contributed by atoms with van der Waals surface area (Å²) in [6.45, 7) is 0. The third-order valence-corrected chi connectivity index (χ3v) is 2.71. The number of hydrogen-bond donors (Lipinski definition) is 1. The van der Waals surface area contributed by atoms with E-state index in [-0.39, 0.29) is 22.4 Å². The number of rotatable bonds is 0. The van der Waals surface area contributed by atoms with E-state index in [1.54, 1.807) is 6.08 Å². The van der Waals surface area contributed by atoms with Crippen molar-refractivity contribution in [2.75, 3.05) is 0 Å². The first-order valence-electron chi connectivity index (χ1n) is 4.14. The van der Waals surface area contributed by atoms with Crippen LogP contribution < -0.4 is 0 Å². The molecule has 2 aliphatic rings. The monoisotopic (exact) mass is 210 g/mol. The van der Waals surface area contributed by atoms with Gasteiger partial charge in [-0.1, -0.05) is 17.7 Å². The van der Waals surface area contributed by atoms with Crippen molar-refractivity contribution >= 4 is 23.2 Å². The van der Waals surface area contributed by atoms with Gasteiger partial charge in [-0.05, 0) is 18.2 Å². The average Bonchev–Trinajstić information content (AvgIpc) is 2.16. The number of carbonyl (C=O) groups is 2. The minimum atomic E-state index is -0.815. The minimum Gasteiger partial charge on any atom is -0.510 e. The summed E-state index contributed by atoms with van der Waals surface area (Å²) >= 11 is 5.66. The highest BCUT2D eigenvalue weighted by atomic mass is 35.5. The van der Waals surface area contributed by atoms with Gasteiger partial charge >= 0.3 is 0 Å². The summed E-state index contributed by atoms with van der Waals surface area (Å²) in [4.78, 5) is 22.8. The molecule has 0 aliphatic heterocycles. The van der Waals surface area contributed by atoms with Crippen molar-refractivity contribution < 1.29 is 14.7 Å². The van der Waals surface area contributed by atoms with Gasteiger partial charge in [0, 0.05) is 0 Å². The van der Waals surface area contributed by atoms with Gasteiger partial charge in [-0.2, -0.15) is 0 Å². The van der Waals surface area contributed by atoms with Crippen LogP contribution >= 0.6 is 11.6 Å². The van der Waals surface area contributed by atoms with Gasteiger partial charge in [0.2, 0.25) is 0 Å². The highest BCUT2D eigenvalue weighted by molar-refractivity contribution is 6.32. The summed E-state index contributed by atoms with van der Waals surface area (Å²) in [7, 11) is 0. The number of ketones is 2. The molecule has 0 aromatic carbocycles. The SMILES string of the molecule is O=C1C=CC(=O)C2C(O)=C(Cl)C=CC12. The quantitative estimate of drug-likeness (QED) is 0.659. The highest BCUT2D eigenvalue weighted by Gasteiger charge is 2.38. The van der Waals surface area contributed by atoms with Crippen LogP contribution in [-0.4, -0.2) is 16.7 Å². The third kappa shape index (κ3) is 1.21. The lowest BCUT2D eigenvalue weighted by molar-refractivity contribution is -0.127. The summed E-state index contributed by atoms with van der Waals surface area (Å²) in [5, 5.41) is 9.68. The van der Waals surface area contributed by atoms with E-state index < -0.39 is 11.8 Å². The fraction of sp³-hybridized carbons (Fsp3) is 0.200. The predicted molar refractivity (Wildman–Crippen MR) is 50.8 cm³/mol. The molecule has 0 heterocycles. The van der Waals surface area contributed by atoms with Gasteiger partial charge < -0.3 is 5.11 Å². The summed E-state index contributed by atoms with van der Waals surface area (Å²) in [5.74, 6) is -2.07. The van der Waals surface area contributed by atoms with Crippen molar-refractivity contribution in [3.63, 3.8) is 0 Å². The minimum absolute atomic E-state index is 0.128. The largest absolute Gasteiger partial charge is 0.510 e. The van der Waals surface area contributed by atoms with E-state index in [0.717, 1.165) is 0 Å². The van der Waals surface area contributed by atoms with Crippen molar-refractivity contribution in [3.05, 3.63) is 35.1 Å². The fourth-order valence-corrected chi connectivity index (χ4v) is 1.84. The molecular formula is C10H7ClO3. The Balaban J connectivity index is 2.50. The van der Waals surface area contributed by atoms with Crippen LogP contribution in [0.25, 0.3) is 0 Å². The standard InChI is InChI=1S/C10H7ClO3/c11-6-2-1-5-7(12)3-4-8(13)9(5)10(6)14/h1-5,9,14H. The number of aliphatic hydroxyl groups excluding tert-OH is 1. The lowest BCUT2D eigenvalue weighted by Crippen LogP contribution is -2.33. The zero-order valence-corrected chi connectivity index (χ0v) is 7.86. The Hall–Kier alpha value is -1.35. The van der Waals surface area contributed by atoms with Crippen LogP contribution in [0.4, 0.5) is 0 Å². The van der Waals surface area contributed by atoms with Crippen LogP contribution in [0.1, 0.15) is 0 Å². The molecule has 72 valence electrons. The molecule has 2 aliphatic carbocycles. The van der Waals surface area contributed by atoms with E-state index in [9.17, 15) is 14.7 Å². The second kappa shape index (κ2) is 3.10. The van der Waals surface area contributed by atoms with E-state index >= 15 is 0 Å². The molecule has 0 spiro atoms. The van der Waals surface area contributed by atoms with Gasteiger partial charge in [0.05, 0.1) is 16.9 Å². The zero-order valence-electron chi connectivity index (χ0n) is 7.11. The van der Waals surface area contributed by atoms with Crippen LogP contribution in [0.3, 0.4) is 0 Å². The number of fused-ring (bicyclic) bond motifs is 1.